The second-order valence-electron chi connectivity index (χ2n) is 7.12. The minimum absolute atomic E-state index is 0.126. The molecule has 2 aromatic carbocycles. The van der Waals surface area contributed by atoms with Gasteiger partial charge in [-0.15, -0.1) is 10.2 Å². The van der Waals surface area contributed by atoms with E-state index in [2.05, 4.69) is 15.5 Å². The second-order valence-corrected chi connectivity index (χ2v) is 8.18. The lowest BCUT2D eigenvalue weighted by Gasteiger charge is -2.39. The number of benzene rings is 2. The molecule has 9 heteroatoms. The molecule has 1 aromatic heterocycles. The zero-order valence-corrected chi connectivity index (χ0v) is 18.2. The van der Waals surface area contributed by atoms with Crippen molar-refractivity contribution in [1.82, 2.24) is 15.1 Å². The second kappa shape index (κ2) is 8.83. The molecule has 0 bridgehead atoms. The summed E-state index contributed by atoms with van der Waals surface area (Å²) in [6.07, 6.45) is 0. The predicted octanol–water partition coefficient (Wildman–Crippen LogP) is 3.24. The van der Waals surface area contributed by atoms with Crippen LogP contribution in [0.5, 0.6) is 5.75 Å². The molecule has 0 aliphatic carbocycles. The summed E-state index contributed by atoms with van der Waals surface area (Å²) in [5, 5.41) is 12.0. The van der Waals surface area contributed by atoms with Crippen LogP contribution in [0.25, 0.3) is 0 Å². The van der Waals surface area contributed by atoms with Crippen molar-refractivity contribution in [3.63, 3.8) is 0 Å². The average Bonchev–Trinajstić information content (AvgIpc) is 3.23. The standard InChI is InChI=1S/C22H22N4O4S/c1-26-19(13-8-10-14(30-3)11-9-13)18(15-6-4-5-7-16(15)21(26)28)20(27)23-22-25-24-17(31-22)12-29-2/h4-11,18-19H,12H2,1-3H3,(H,23,25,27)/t18-,19+/m0/s1. The van der Waals surface area contributed by atoms with Gasteiger partial charge in [0, 0.05) is 19.7 Å². The Bertz CT molecular complexity index is 1100. The molecule has 8 nitrogen and oxygen atoms in total. The largest absolute Gasteiger partial charge is 0.497 e. The summed E-state index contributed by atoms with van der Waals surface area (Å²) in [6.45, 7) is 0.325. The first-order valence-corrected chi connectivity index (χ1v) is 10.5. The van der Waals surface area contributed by atoms with E-state index in [9.17, 15) is 9.59 Å². The molecule has 0 unspecified atom stereocenters. The number of carbonyl (C=O) groups excluding carboxylic acids is 2. The molecule has 3 aromatic rings. The zero-order valence-electron chi connectivity index (χ0n) is 17.4. The molecule has 1 aliphatic heterocycles. The maximum Gasteiger partial charge on any atom is 0.254 e. The number of nitrogens with one attached hydrogen (secondary N) is 1. The van der Waals surface area contributed by atoms with Gasteiger partial charge < -0.3 is 14.4 Å². The number of ether oxygens (including phenoxy) is 2. The number of methoxy groups -OCH3 is 2. The van der Waals surface area contributed by atoms with Gasteiger partial charge in [-0.05, 0) is 29.3 Å². The van der Waals surface area contributed by atoms with E-state index in [1.165, 1.54) is 11.3 Å². The Morgan fingerprint density at radius 3 is 2.58 bits per heavy atom. The molecule has 4 rings (SSSR count). The van der Waals surface area contributed by atoms with Gasteiger partial charge in [0.15, 0.2) is 0 Å². The monoisotopic (exact) mass is 438 g/mol. The van der Waals surface area contributed by atoms with Crippen molar-refractivity contribution in [3.8, 4) is 5.75 Å². The SMILES string of the molecule is COCc1nnc(NC(=O)[C@H]2c3ccccc3C(=O)N(C)[C@@H]2c2ccc(OC)cc2)s1. The van der Waals surface area contributed by atoms with Crippen molar-refractivity contribution in [2.24, 2.45) is 0 Å². The third kappa shape index (κ3) is 4.01. The number of rotatable bonds is 6. The van der Waals surface area contributed by atoms with Crippen LogP contribution in [0, 0.1) is 0 Å². The molecule has 0 saturated carbocycles. The summed E-state index contributed by atoms with van der Waals surface area (Å²) in [7, 11) is 4.89. The van der Waals surface area contributed by atoms with Crippen molar-refractivity contribution in [3.05, 3.63) is 70.2 Å². The fraction of sp³-hybridized carbons (Fsp3) is 0.273. The molecule has 0 radical (unpaired) electrons. The van der Waals surface area contributed by atoms with Gasteiger partial charge in [0.1, 0.15) is 17.4 Å². The molecule has 0 spiro atoms. The molecule has 1 N–H and O–H groups in total. The van der Waals surface area contributed by atoms with E-state index >= 15 is 0 Å². The van der Waals surface area contributed by atoms with E-state index in [0.29, 0.717) is 33.6 Å². The average molecular weight is 439 g/mol. The molecule has 31 heavy (non-hydrogen) atoms. The predicted molar refractivity (Wildman–Crippen MR) is 116 cm³/mol. The maximum absolute atomic E-state index is 13.5. The number of aromatic nitrogens is 2. The molecule has 2 heterocycles. The van der Waals surface area contributed by atoms with Crippen molar-refractivity contribution in [2.75, 3.05) is 26.6 Å². The molecular weight excluding hydrogens is 416 g/mol. The van der Waals surface area contributed by atoms with Crippen molar-refractivity contribution in [2.45, 2.75) is 18.6 Å². The quantitative estimate of drug-likeness (QED) is 0.635. The lowest BCUT2D eigenvalue weighted by Crippen LogP contribution is -2.44. The van der Waals surface area contributed by atoms with Crippen LogP contribution < -0.4 is 10.1 Å². The normalized spacial score (nSPS) is 17.9. The maximum atomic E-state index is 13.5. The number of hydrogen-bond acceptors (Lipinski definition) is 7. The molecular formula is C22H22N4O4S. The van der Waals surface area contributed by atoms with E-state index in [4.69, 9.17) is 9.47 Å². The van der Waals surface area contributed by atoms with Crippen LogP contribution in [-0.2, 0) is 16.1 Å². The molecule has 0 fully saturated rings. The highest BCUT2D eigenvalue weighted by molar-refractivity contribution is 7.15. The van der Waals surface area contributed by atoms with Crippen LogP contribution in [0.3, 0.4) is 0 Å². The van der Waals surface area contributed by atoms with Crippen LogP contribution in [0.4, 0.5) is 5.13 Å². The smallest absolute Gasteiger partial charge is 0.254 e. The van der Waals surface area contributed by atoms with Gasteiger partial charge in [0.05, 0.1) is 19.1 Å². The Labute approximate surface area is 183 Å². The Kier molecular flexibility index (Phi) is 5.97. The van der Waals surface area contributed by atoms with Crippen molar-refractivity contribution in [1.29, 1.82) is 0 Å². The van der Waals surface area contributed by atoms with Crippen LogP contribution >= 0.6 is 11.3 Å². The van der Waals surface area contributed by atoms with E-state index in [1.807, 2.05) is 36.4 Å². The van der Waals surface area contributed by atoms with Crippen molar-refractivity contribution >= 4 is 28.3 Å². The highest BCUT2D eigenvalue weighted by atomic mass is 32.1. The van der Waals surface area contributed by atoms with Gasteiger partial charge >= 0.3 is 0 Å². The summed E-state index contributed by atoms with van der Waals surface area (Å²) < 4.78 is 10.3. The Balaban J connectivity index is 1.74. The molecule has 1 aliphatic rings. The third-order valence-corrected chi connectivity index (χ3v) is 6.10. The molecule has 0 saturated heterocycles. The summed E-state index contributed by atoms with van der Waals surface area (Å²) in [5.74, 6) is -0.303. The fourth-order valence-corrected chi connectivity index (χ4v) is 4.56. The van der Waals surface area contributed by atoms with E-state index < -0.39 is 12.0 Å². The number of hydrogen-bond donors (Lipinski definition) is 1. The van der Waals surface area contributed by atoms with E-state index in [0.717, 1.165) is 5.56 Å². The molecule has 160 valence electrons. The summed E-state index contributed by atoms with van der Waals surface area (Å²) >= 11 is 1.26. The van der Waals surface area contributed by atoms with Gasteiger partial charge in [-0.2, -0.15) is 0 Å². The first kappa shape index (κ1) is 21.0. The number of carbonyl (C=O) groups is 2. The minimum Gasteiger partial charge on any atom is -0.497 e. The first-order valence-electron chi connectivity index (χ1n) is 9.65. The summed E-state index contributed by atoms with van der Waals surface area (Å²) in [6, 6.07) is 14.1. The van der Waals surface area contributed by atoms with Crippen LogP contribution in [0.2, 0.25) is 0 Å². The number of fused-ring (bicyclic) bond motifs is 1. The van der Waals surface area contributed by atoms with Gasteiger partial charge in [-0.3, -0.25) is 14.9 Å². The topological polar surface area (TPSA) is 93.7 Å². The number of amides is 2. The Morgan fingerprint density at radius 2 is 1.87 bits per heavy atom. The Morgan fingerprint density at radius 1 is 1.13 bits per heavy atom. The van der Waals surface area contributed by atoms with Crippen LogP contribution in [0.1, 0.15) is 38.5 Å². The van der Waals surface area contributed by atoms with Gasteiger partial charge in [-0.1, -0.05) is 41.7 Å². The highest BCUT2D eigenvalue weighted by Crippen LogP contribution is 2.42. The zero-order chi connectivity index (χ0) is 22.0. The van der Waals surface area contributed by atoms with Crippen molar-refractivity contribution < 1.29 is 19.1 Å². The van der Waals surface area contributed by atoms with E-state index in [1.54, 1.807) is 38.3 Å². The number of anilines is 1. The molecule has 2 amide bonds. The van der Waals surface area contributed by atoms with E-state index in [-0.39, 0.29) is 11.8 Å². The Hall–Kier alpha value is -3.30. The van der Waals surface area contributed by atoms with Gasteiger partial charge in [0.25, 0.3) is 5.91 Å². The first-order chi connectivity index (χ1) is 15.0. The number of likely N-dealkylation sites (N-methyl/N-ethyl adjacent to an activating group) is 1. The molecule has 2 atom stereocenters. The summed E-state index contributed by atoms with van der Waals surface area (Å²) in [5.41, 5.74) is 2.04. The minimum atomic E-state index is -0.623. The highest BCUT2D eigenvalue weighted by Gasteiger charge is 2.42. The van der Waals surface area contributed by atoms with Crippen LogP contribution in [0.15, 0.2) is 48.5 Å². The lowest BCUT2D eigenvalue weighted by atomic mass is 9.79. The van der Waals surface area contributed by atoms with Gasteiger partial charge in [0.2, 0.25) is 11.0 Å². The van der Waals surface area contributed by atoms with Gasteiger partial charge in [-0.25, -0.2) is 0 Å². The number of nitrogens with zero attached hydrogens (tertiary/aromatic N) is 3. The third-order valence-electron chi connectivity index (χ3n) is 5.28. The fourth-order valence-electron chi connectivity index (χ4n) is 3.84. The lowest BCUT2D eigenvalue weighted by molar-refractivity contribution is -0.119. The van der Waals surface area contributed by atoms with Crippen LogP contribution in [-0.4, -0.2) is 48.2 Å². The summed E-state index contributed by atoms with van der Waals surface area (Å²) in [4.78, 5) is 28.2.